The Morgan fingerprint density at radius 1 is 1.35 bits per heavy atom. The molecule has 0 spiro atoms. The van der Waals surface area contributed by atoms with Gasteiger partial charge in [0.1, 0.15) is 5.75 Å². The monoisotopic (exact) mass is 414 g/mol. The molecule has 2 aromatic rings. The van der Waals surface area contributed by atoms with E-state index >= 15 is 0 Å². The zero-order valence-corrected chi connectivity index (χ0v) is 15.2. The zero-order valence-electron chi connectivity index (χ0n) is 12.1. The van der Waals surface area contributed by atoms with Crippen molar-refractivity contribution in [3.63, 3.8) is 0 Å². The molecule has 0 atom stereocenters. The molecule has 0 aliphatic heterocycles. The molecule has 2 N–H and O–H groups in total. The summed E-state index contributed by atoms with van der Waals surface area (Å²) in [6.45, 7) is 1.75. The number of aliphatic imine (C=N–C) groups is 1. The molecule has 0 bridgehead atoms. The van der Waals surface area contributed by atoms with Crippen LogP contribution in [0.3, 0.4) is 0 Å². The van der Waals surface area contributed by atoms with Crippen LogP contribution in [-0.4, -0.2) is 17.2 Å². The standard InChI is InChI=1S/C16H13BrCl2N2O2/c1-2-15(22)21-14-7-11(3-4-13(14)19)20-8-9-5-10(18)6-12(17)16(9)23/h3-8,23H,2H2,1H3,(H,21,22). The third kappa shape index (κ3) is 4.70. The van der Waals surface area contributed by atoms with E-state index in [1.54, 1.807) is 37.3 Å². The third-order valence-electron chi connectivity index (χ3n) is 2.96. The average molecular weight is 416 g/mol. The number of phenolic OH excluding ortho intramolecular Hbond substituents is 1. The number of benzene rings is 2. The summed E-state index contributed by atoms with van der Waals surface area (Å²) in [5, 5.41) is 13.6. The van der Waals surface area contributed by atoms with Gasteiger partial charge in [0.05, 0.1) is 20.9 Å². The lowest BCUT2D eigenvalue weighted by molar-refractivity contribution is -0.115. The minimum atomic E-state index is -0.135. The number of hydrogen-bond acceptors (Lipinski definition) is 3. The largest absolute Gasteiger partial charge is 0.506 e. The van der Waals surface area contributed by atoms with Gasteiger partial charge in [-0.2, -0.15) is 0 Å². The number of carbonyl (C=O) groups excluding carboxylic acids is 1. The van der Waals surface area contributed by atoms with E-state index in [4.69, 9.17) is 23.2 Å². The number of nitrogens with zero attached hydrogens (tertiary/aromatic N) is 1. The summed E-state index contributed by atoms with van der Waals surface area (Å²) in [7, 11) is 0. The second kappa shape index (κ2) is 7.81. The minimum Gasteiger partial charge on any atom is -0.506 e. The molecule has 23 heavy (non-hydrogen) atoms. The van der Waals surface area contributed by atoms with Gasteiger partial charge >= 0.3 is 0 Å². The second-order valence-electron chi connectivity index (χ2n) is 4.65. The first kappa shape index (κ1) is 17.8. The Balaban J connectivity index is 2.30. The van der Waals surface area contributed by atoms with Crippen molar-refractivity contribution in [3.8, 4) is 5.75 Å². The van der Waals surface area contributed by atoms with Crippen LogP contribution in [0.25, 0.3) is 0 Å². The molecule has 0 aliphatic rings. The van der Waals surface area contributed by atoms with Gasteiger partial charge in [-0.05, 0) is 46.3 Å². The zero-order chi connectivity index (χ0) is 17.0. The first-order valence-electron chi connectivity index (χ1n) is 6.72. The smallest absolute Gasteiger partial charge is 0.224 e. The number of anilines is 1. The minimum absolute atomic E-state index is 0.0478. The van der Waals surface area contributed by atoms with Crippen molar-refractivity contribution < 1.29 is 9.90 Å². The van der Waals surface area contributed by atoms with Crippen molar-refractivity contribution in [2.24, 2.45) is 4.99 Å². The highest BCUT2D eigenvalue weighted by atomic mass is 79.9. The summed E-state index contributed by atoms with van der Waals surface area (Å²) in [6, 6.07) is 8.20. The van der Waals surface area contributed by atoms with E-state index in [2.05, 4.69) is 26.2 Å². The molecule has 4 nitrogen and oxygen atoms in total. The molecule has 0 fully saturated rings. The molecule has 0 saturated heterocycles. The highest BCUT2D eigenvalue weighted by Crippen LogP contribution is 2.31. The number of aromatic hydroxyl groups is 1. The fourth-order valence-electron chi connectivity index (χ4n) is 1.76. The van der Waals surface area contributed by atoms with Gasteiger partial charge in [-0.3, -0.25) is 9.79 Å². The number of nitrogens with one attached hydrogen (secondary N) is 1. The molecule has 0 heterocycles. The predicted octanol–water partition coefficient (Wildman–Crippen LogP) is 5.56. The van der Waals surface area contributed by atoms with Gasteiger partial charge in [0, 0.05) is 23.2 Å². The molecular formula is C16H13BrCl2N2O2. The number of hydrogen-bond donors (Lipinski definition) is 2. The molecule has 0 aromatic heterocycles. The van der Waals surface area contributed by atoms with Crippen molar-refractivity contribution in [2.45, 2.75) is 13.3 Å². The van der Waals surface area contributed by atoms with Gasteiger partial charge in [-0.1, -0.05) is 30.1 Å². The van der Waals surface area contributed by atoms with Crippen molar-refractivity contribution >= 4 is 62.6 Å². The summed E-state index contributed by atoms with van der Waals surface area (Å²) in [5.74, 6) is -0.0870. The average Bonchev–Trinajstić information content (AvgIpc) is 2.52. The number of halogens is 3. The highest BCUT2D eigenvalue weighted by molar-refractivity contribution is 9.10. The molecule has 2 aromatic carbocycles. The van der Waals surface area contributed by atoms with Crippen LogP contribution in [0.2, 0.25) is 10.0 Å². The fraction of sp³-hybridized carbons (Fsp3) is 0.125. The maximum Gasteiger partial charge on any atom is 0.224 e. The lowest BCUT2D eigenvalue weighted by Gasteiger charge is -2.07. The number of amides is 1. The van der Waals surface area contributed by atoms with Crippen LogP contribution in [0, 0.1) is 0 Å². The van der Waals surface area contributed by atoms with Gasteiger partial charge in [0.25, 0.3) is 0 Å². The van der Waals surface area contributed by atoms with E-state index in [9.17, 15) is 9.90 Å². The van der Waals surface area contributed by atoms with E-state index in [1.807, 2.05) is 0 Å². The Bertz CT molecular complexity index is 779. The molecule has 0 saturated carbocycles. The normalized spacial score (nSPS) is 11.0. The Morgan fingerprint density at radius 3 is 2.78 bits per heavy atom. The first-order valence-corrected chi connectivity index (χ1v) is 8.27. The fourth-order valence-corrected chi connectivity index (χ4v) is 2.76. The van der Waals surface area contributed by atoms with E-state index in [1.165, 1.54) is 6.21 Å². The molecule has 2 rings (SSSR count). The van der Waals surface area contributed by atoms with Crippen LogP contribution >= 0.6 is 39.1 Å². The van der Waals surface area contributed by atoms with Gasteiger partial charge in [-0.15, -0.1) is 0 Å². The van der Waals surface area contributed by atoms with Gasteiger partial charge < -0.3 is 10.4 Å². The predicted molar refractivity (Wildman–Crippen MR) is 98.4 cm³/mol. The molecule has 7 heteroatoms. The number of rotatable bonds is 4. The van der Waals surface area contributed by atoms with Crippen LogP contribution < -0.4 is 5.32 Å². The Kier molecular flexibility index (Phi) is 6.04. The van der Waals surface area contributed by atoms with Crippen LogP contribution in [0.5, 0.6) is 5.75 Å². The van der Waals surface area contributed by atoms with E-state index in [0.29, 0.717) is 37.9 Å². The van der Waals surface area contributed by atoms with Crippen LogP contribution in [-0.2, 0) is 4.79 Å². The summed E-state index contributed by atoms with van der Waals surface area (Å²) in [4.78, 5) is 15.8. The third-order valence-corrected chi connectivity index (χ3v) is 4.11. The summed E-state index contributed by atoms with van der Waals surface area (Å²) in [6.07, 6.45) is 1.84. The van der Waals surface area contributed by atoms with Gasteiger partial charge in [0.15, 0.2) is 0 Å². The first-order chi connectivity index (χ1) is 10.9. The van der Waals surface area contributed by atoms with Crippen molar-refractivity contribution in [2.75, 3.05) is 5.32 Å². The summed E-state index contributed by atoms with van der Waals surface area (Å²) in [5.41, 5.74) is 1.54. The van der Waals surface area contributed by atoms with Crippen LogP contribution in [0.1, 0.15) is 18.9 Å². The Labute approximate surface area is 152 Å². The van der Waals surface area contributed by atoms with Crippen molar-refractivity contribution in [1.82, 2.24) is 0 Å². The number of carbonyl (C=O) groups is 1. The van der Waals surface area contributed by atoms with E-state index < -0.39 is 0 Å². The summed E-state index contributed by atoms with van der Waals surface area (Å²) < 4.78 is 0.485. The lowest BCUT2D eigenvalue weighted by Crippen LogP contribution is -2.09. The quantitative estimate of drug-likeness (QED) is 0.642. The van der Waals surface area contributed by atoms with Crippen molar-refractivity contribution in [3.05, 3.63) is 50.4 Å². The molecule has 0 unspecified atom stereocenters. The van der Waals surface area contributed by atoms with Gasteiger partial charge in [0.2, 0.25) is 5.91 Å². The lowest BCUT2D eigenvalue weighted by atomic mass is 10.2. The number of phenols is 1. The second-order valence-corrected chi connectivity index (χ2v) is 6.35. The van der Waals surface area contributed by atoms with Crippen LogP contribution in [0.15, 0.2) is 39.8 Å². The van der Waals surface area contributed by atoms with E-state index in [0.717, 1.165) is 0 Å². The van der Waals surface area contributed by atoms with Crippen molar-refractivity contribution in [1.29, 1.82) is 0 Å². The molecule has 0 aliphatic carbocycles. The SMILES string of the molecule is CCC(=O)Nc1cc(N=Cc2cc(Cl)cc(Br)c2O)ccc1Cl. The molecular weight excluding hydrogens is 403 g/mol. The molecule has 1 amide bonds. The molecule has 120 valence electrons. The summed E-state index contributed by atoms with van der Waals surface area (Å²) >= 11 is 15.2. The topological polar surface area (TPSA) is 61.7 Å². The molecule has 0 radical (unpaired) electrons. The highest BCUT2D eigenvalue weighted by Gasteiger charge is 2.07. The van der Waals surface area contributed by atoms with E-state index in [-0.39, 0.29) is 11.7 Å². The maximum atomic E-state index is 11.5. The van der Waals surface area contributed by atoms with Gasteiger partial charge in [-0.25, -0.2) is 0 Å². The van der Waals surface area contributed by atoms with Crippen LogP contribution in [0.4, 0.5) is 11.4 Å². The Morgan fingerprint density at radius 2 is 2.09 bits per heavy atom. The Hall–Kier alpha value is -1.56. The maximum absolute atomic E-state index is 11.5.